The SMILES string of the molecule is CN(CC(C)(C)O)C(=O)CCCCC(=O)O. The molecule has 0 atom stereocenters. The Morgan fingerprint density at radius 1 is 1.19 bits per heavy atom. The van der Waals surface area contributed by atoms with Crippen LogP contribution in [0.3, 0.4) is 0 Å². The van der Waals surface area contributed by atoms with Crippen molar-refractivity contribution in [3.63, 3.8) is 0 Å². The van der Waals surface area contributed by atoms with E-state index >= 15 is 0 Å². The number of carboxylic acid groups (broad SMARTS) is 1. The zero-order valence-electron chi connectivity index (χ0n) is 10.2. The molecule has 0 unspecified atom stereocenters. The van der Waals surface area contributed by atoms with E-state index in [-0.39, 0.29) is 18.9 Å². The quantitative estimate of drug-likeness (QED) is 0.637. The molecule has 0 heterocycles. The van der Waals surface area contributed by atoms with Gasteiger partial charge in [-0.1, -0.05) is 0 Å². The Morgan fingerprint density at radius 3 is 2.12 bits per heavy atom. The van der Waals surface area contributed by atoms with Crippen LogP contribution in [0.5, 0.6) is 0 Å². The molecule has 16 heavy (non-hydrogen) atoms. The standard InChI is InChI=1S/C11H21NO4/c1-11(2,16)8-12(3)9(13)6-4-5-7-10(14)15/h16H,4-8H2,1-3H3,(H,14,15). The highest BCUT2D eigenvalue weighted by atomic mass is 16.4. The predicted octanol–water partition coefficient (Wildman–Crippen LogP) is 0.861. The molecule has 0 aromatic heterocycles. The number of hydrogen-bond donors (Lipinski definition) is 2. The monoisotopic (exact) mass is 231 g/mol. The summed E-state index contributed by atoms with van der Waals surface area (Å²) in [6.07, 6.45) is 1.51. The van der Waals surface area contributed by atoms with Crippen molar-refractivity contribution < 1.29 is 19.8 Å². The van der Waals surface area contributed by atoms with Gasteiger partial charge in [0.05, 0.1) is 5.60 Å². The van der Waals surface area contributed by atoms with Crippen molar-refractivity contribution in [2.45, 2.75) is 45.1 Å². The predicted molar refractivity (Wildman–Crippen MR) is 60.0 cm³/mol. The largest absolute Gasteiger partial charge is 0.481 e. The average Bonchev–Trinajstić information content (AvgIpc) is 2.08. The summed E-state index contributed by atoms with van der Waals surface area (Å²) in [5.41, 5.74) is -0.897. The number of likely N-dealkylation sites (N-methyl/N-ethyl adjacent to an activating group) is 1. The molecule has 5 heteroatoms. The molecule has 0 aliphatic heterocycles. The fourth-order valence-electron chi connectivity index (χ4n) is 1.41. The zero-order chi connectivity index (χ0) is 12.8. The minimum atomic E-state index is -0.897. The third-order valence-electron chi connectivity index (χ3n) is 2.08. The lowest BCUT2D eigenvalue weighted by Crippen LogP contribution is -2.39. The van der Waals surface area contributed by atoms with Gasteiger partial charge in [0.25, 0.3) is 0 Å². The zero-order valence-corrected chi connectivity index (χ0v) is 10.2. The molecule has 0 bridgehead atoms. The number of amides is 1. The summed E-state index contributed by atoms with van der Waals surface area (Å²) in [5.74, 6) is -0.898. The molecule has 0 aromatic rings. The summed E-state index contributed by atoms with van der Waals surface area (Å²) in [7, 11) is 1.64. The summed E-state index contributed by atoms with van der Waals surface area (Å²) < 4.78 is 0. The fourth-order valence-corrected chi connectivity index (χ4v) is 1.41. The van der Waals surface area contributed by atoms with Gasteiger partial charge in [-0.05, 0) is 26.7 Å². The van der Waals surface area contributed by atoms with Crippen LogP contribution in [0.25, 0.3) is 0 Å². The van der Waals surface area contributed by atoms with Crippen molar-refractivity contribution >= 4 is 11.9 Å². The number of unbranched alkanes of at least 4 members (excludes halogenated alkanes) is 1. The Hall–Kier alpha value is -1.10. The van der Waals surface area contributed by atoms with E-state index in [0.29, 0.717) is 19.3 Å². The van der Waals surface area contributed by atoms with Gasteiger partial charge >= 0.3 is 5.97 Å². The average molecular weight is 231 g/mol. The topological polar surface area (TPSA) is 77.8 Å². The van der Waals surface area contributed by atoms with Gasteiger partial charge in [0.15, 0.2) is 0 Å². The number of nitrogens with zero attached hydrogens (tertiary/aromatic N) is 1. The highest BCUT2D eigenvalue weighted by Gasteiger charge is 2.18. The normalized spacial score (nSPS) is 11.2. The Labute approximate surface area is 96.1 Å². The first-order valence-electron chi connectivity index (χ1n) is 5.40. The minimum absolute atomic E-state index is 0.0625. The number of rotatable bonds is 7. The van der Waals surface area contributed by atoms with Crippen molar-refractivity contribution in [2.75, 3.05) is 13.6 Å². The first kappa shape index (κ1) is 14.9. The molecule has 0 saturated carbocycles. The Morgan fingerprint density at radius 2 is 1.69 bits per heavy atom. The van der Waals surface area contributed by atoms with E-state index < -0.39 is 11.6 Å². The molecule has 0 aromatic carbocycles. The van der Waals surface area contributed by atoms with Crippen LogP contribution in [0, 0.1) is 0 Å². The molecule has 0 saturated heterocycles. The summed E-state index contributed by atoms with van der Waals surface area (Å²) >= 11 is 0. The van der Waals surface area contributed by atoms with Gasteiger partial charge in [0.1, 0.15) is 0 Å². The molecule has 0 aliphatic carbocycles. The van der Waals surface area contributed by atoms with Crippen molar-refractivity contribution in [1.82, 2.24) is 4.90 Å². The van der Waals surface area contributed by atoms with Crippen molar-refractivity contribution in [3.05, 3.63) is 0 Å². The second-order valence-electron chi connectivity index (χ2n) is 4.66. The molecule has 2 N–H and O–H groups in total. The Bertz CT molecular complexity index is 245. The van der Waals surface area contributed by atoms with Crippen molar-refractivity contribution in [3.8, 4) is 0 Å². The maximum Gasteiger partial charge on any atom is 0.303 e. The summed E-state index contributed by atoms with van der Waals surface area (Å²) in [4.78, 5) is 23.2. The Kier molecular flexibility index (Phi) is 6.03. The number of aliphatic carboxylic acids is 1. The molecule has 94 valence electrons. The van der Waals surface area contributed by atoms with Crippen LogP contribution in [0.2, 0.25) is 0 Å². The van der Waals surface area contributed by atoms with Crippen LogP contribution >= 0.6 is 0 Å². The van der Waals surface area contributed by atoms with E-state index in [1.807, 2.05) is 0 Å². The highest BCUT2D eigenvalue weighted by Crippen LogP contribution is 2.07. The molecular formula is C11H21NO4. The van der Waals surface area contributed by atoms with E-state index in [4.69, 9.17) is 5.11 Å². The lowest BCUT2D eigenvalue weighted by Gasteiger charge is -2.25. The Balaban J connectivity index is 3.76. The van der Waals surface area contributed by atoms with Crippen LogP contribution in [0.4, 0.5) is 0 Å². The number of carboxylic acids is 1. The lowest BCUT2D eigenvalue weighted by atomic mass is 10.1. The van der Waals surface area contributed by atoms with E-state index in [1.54, 1.807) is 20.9 Å². The van der Waals surface area contributed by atoms with Crippen LogP contribution in [-0.2, 0) is 9.59 Å². The maximum absolute atomic E-state index is 11.5. The second-order valence-corrected chi connectivity index (χ2v) is 4.66. The van der Waals surface area contributed by atoms with Gasteiger partial charge < -0.3 is 15.1 Å². The van der Waals surface area contributed by atoms with Gasteiger partial charge in [0.2, 0.25) is 5.91 Å². The van der Waals surface area contributed by atoms with Crippen LogP contribution < -0.4 is 0 Å². The number of hydrogen-bond acceptors (Lipinski definition) is 3. The molecule has 1 amide bonds. The number of carbonyl (C=O) groups excluding carboxylic acids is 1. The first-order chi connectivity index (χ1) is 7.22. The van der Waals surface area contributed by atoms with Crippen LogP contribution in [0.1, 0.15) is 39.5 Å². The molecule has 0 fully saturated rings. The van der Waals surface area contributed by atoms with E-state index in [2.05, 4.69) is 0 Å². The second kappa shape index (κ2) is 6.48. The van der Waals surface area contributed by atoms with E-state index in [1.165, 1.54) is 4.90 Å². The number of carbonyl (C=O) groups is 2. The van der Waals surface area contributed by atoms with E-state index in [9.17, 15) is 14.7 Å². The smallest absolute Gasteiger partial charge is 0.303 e. The highest BCUT2D eigenvalue weighted by molar-refractivity contribution is 5.76. The van der Waals surface area contributed by atoms with Gasteiger partial charge in [-0.3, -0.25) is 9.59 Å². The van der Waals surface area contributed by atoms with Crippen LogP contribution in [0.15, 0.2) is 0 Å². The van der Waals surface area contributed by atoms with Gasteiger partial charge in [-0.25, -0.2) is 0 Å². The molecule has 0 aliphatic rings. The third kappa shape index (κ3) is 8.23. The van der Waals surface area contributed by atoms with Crippen molar-refractivity contribution in [1.29, 1.82) is 0 Å². The minimum Gasteiger partial charge on any atom is -0.481 e. The lowest BCUT2D eigenvalue weighted by molar-refractivity contribution is -0.137. The van der Waals surface area contributed by atoms with Gasteiger partial charge in [-0.15, -0.1) is 0 Å². The van der Waals surface area contributed by atoms with Crippen molar-refractivity contribution in [2.24, 2.45) is 0 Å². The fraction of sp³-hybridized carbons (Fsp3) is 0.818. The molecule has 0 radical (unpaired) electrons. The maximum atomic E-state index is 11.5. The van der Waals surface area contributed by atoms with E-state index in [0.717, 1.165) is 0 Å². The summed E-state index contributed by atoms with van der Waals surface area (Å²) in [6.45, 7) is 3.56. The molecular weight excluding hydrogens is 210 g/mol. The first-order valence-corrected chi connectivity index (χ1v) is 5.40. The molecule has 5 nitrogen and oxygen atoms in total. The summed E-state index contributed by atoms with van der Waals surface area (Å²) in [5, 5.41) is 17.9. The molecule has 0 spiro atoms. The number of aliphatic hydroxyl groups is 1. The van der Waals surface area contributed by atoms with Crippen LogP contribution in [-0.4, -0.2) is 46.2 Å². The van der Waals surface area contributed by atoms with Gasteiger partial charge in [0, 0.05) is 26.4 Å². The molecule has 0 rings (SSSR count). The third-order valence-corrected chi connectivity index (χ3v) is 2.08. The van der Waals surface area contributed by atoms with Gasteiger partial charge in [-0.2, -0.15) is 0 Å². The summed E-state index contributed by atoms with van der Waals surface area (Å²) in [6, 6.07) is 0.